The minimum absolute atomic E-state index is 0.776. The van der Waals surface area contributed by atoms with Crippen molar-refractivity contribution >= 4 is 0 Å². The third kappa shape index (κ3) is 0.258. The quantitative estimate of drug-likeness (QED) is 0.510. The normalized spacial score (nSPS) is 82.5. The molecular formula is C12H16. The van der Waals surface area contributed by atoms with Gasteiger partial charge in [0, 0.05) is 0 Å². The summed E-state index contributed by atoms with van der Waals surface area (Å²) in [5, 5.41) is 0. The second-order valence-electron chi connectivity index (χ2n) is 6.75. The van der Waals surface area contributed by atoms with Gasteiger partial charge in [-0.3, -0.25) is 0 Å². The maximum absolute atomic E-state index is 2.57. The Hall–Kier alpha value is 0. The summed E-state index contributed by atoms with van der Waals surface area (Å²) in [6.07, 6.45) is 1.66. The molecule has 0 aromatic rings. The topological polar surface area (TPSA) is 0 Å². The van der Waals surface area contributed by atoms with Crippen molar-refractivity contribution in [1.82, 2.24) is 0 Å². The molecule has 0 saturated heterocycles. The molecule has 0 N–H and O–H groups in total. The predicted octanol–water partition coefficient (Wildman–Crippen LogP) is 2.40. The van der Waals surface area contributed by atoms with Crippen LogP contribution in [-0.4, -0.2) is 0 Å². The molecule has 6 aliphatic carbocycles. The van der Waals surface area contributed by atoms with Gasteiger partial charge in [0.15, 0.2) is 0 Å². The minimum atomic E-state index is 0.776. The van der Waals surface area contributed by atoms with Crippen molar-refractivity contribution in [3.8, 4) is 0 Å². The van der Waals surface area contributed by atoms with E-state index in [1.807, 2.05) is 0 Å². The van der Waals surface area contributed by atoms with Crippen LogP contribution in [0.15, 0.2) is 0 Å². The Balaban J connectivity index is 1.84. The van der Waals surface area contributed by atoms with Gasteiger partial charge >= 0.3 is 0 Å². The average molecular weight is 160 g/mol. The van der Waals surface area contributed by atoms with Gasteiger partial charge in [-0.2, -0.15) is 0 Å². The van der Waals surface area contributed by atoms with Crippen LogP contribution in [0.3, 0.4) is 0 Å². The van der Waals surface area contributed by atoms with Gasteiger partial charge < -0.3 is 0 Å². The first-order valence-electron chi connectivity index (χ1n) is 5.73. The van der Waals surface area contributed by atoms with Gasteiger partial charge in [0.05, 0.1) is 0 Å². The van der Waals surface area contributed by atoms with Crippen LogP contribution < -0.4 is 0 Å². The van der Waals surface area contributed by atoms with Gasteiger partial charge in [-0.15, -0.1) is 0 Å². The molecule has 4 unspecified atom stereocenters. The smallest absolute Gasteiger partial charge is 0.0286 e. The van der Waals surface area contributed by atoms with Crippen molar-refractivity contribution in [1.29, 1.82) is 0 Å². The summed E-state index contributed by atoms with van der Waals surface area (Å²) >= 11 is 0. The molecule has 0 heteroatoms. The predicted molar refractivity (Wildman–Crippen MR) is 46.3 cm³/mol. The first-order chi connectivity index (χ1) is 5.73. The van der Waals surface area contributed by atoms with Crippen LogP contribution in [0.5, 0.6) is 0 Å². The SMILES string of the molecule is CC1(C)C2C3C4CC5C3C1C5C42. The summed E-state index contributed by atoms with van der Waals surface area (Å²) in [6, 6.07) is 0. The summed E-state index contributed by atoms with van der Waals surface area (Å²) in [6.45, 7) is 5.14. The fraction of sp³-hybridized carbons (Fsp3) is 1.00. The lowest BCUT2D eigenvalue weighted by Gasteiger charge is -2.59. The van der Waals surface area contributed by atoms with Crippen molar-refractivity contribution in [2.24, 2.45) is 52.8 Å². The minimum Gasteiger partial charge on any atom is -0.0593 e. The number of rotatable bonds is 0. The highest BCUT2D eigenvalue weighted by Crippen LogP contribution is 2.92. The van der Waals surface area contributed by atoms with E-state index in [9.17, 15) is 0 Å². The Morgan fingerprint density at radius 1 is 0.833 bits per heavy atom. The molecule has 0 nitrogen and oxygen atoms in total. The lowest BCUT2D eigenvalue weighted by molar-refractivity contribution is -0.127. The van der Waals surface area contributed by atoms with E-state index in [1.54, 1.807) is 6.42 Å². The first kappa shape index (κ1) is 5.67. The van der Waals surface area contributed by atoms with Crippen LogP contribution in [0.1, 0.15) is 20.3 Å². The molecule has 6 aliphatic rings. The second kappa shape index (κ2) is 1.14. The van der Waals surface area contributed by atoms with Gasteiger partial charge in [-0.1, -0.05) is 13.8 Å². The first-order valence-corrected chi connectivity index (χ1v) is 5.73. The van der Waals surface area contributed by atoms with E-state index in [0.717, 1.165) is 5.41 Å². The number of hydrogen-bond donors (Lipinski definition) is 0. The molecule has 0 amide bonds. The molecule has 0 radical (unpaired) electrons. The molecule has 6 rings (SSSR count). The third-order valence-electron chi connectivity index (χ3n) is 6.79. The molecule has 4 atom stereocenters. The molecule has 0 spiro atoms. The summed E-state index contributed by atoms with van der Waals surface area (Å²) < 4.78 is 0. The van der Waals surface area contributed by atoms with Crippen molar-refractivity contribution in [3.05, 3.63) is 0 Å². The van der Waals surface area contributed by atoms with E-state index in [-0.39, 0.29) is 0 Å². The Morgan fingerprint density at radius 2 is 1.25 bits per heavy atom. The molecule has 4 bridgehead atoms. The Kier molecular flexibility index (Phi) is 0.541. The summed E-state index contributed by atoms with van der Waals surface area (Å²) in [5.41, 5.74) is 0.776. The lowest BCUT2D eigenvalue weighted by atomic mass is 9.45. The van der Waals surface area contributed by atoms with Crippen molar-refractivity contribution in [2.45, 2.75) is 20.3 Å². The summed E-state index contributed by atoms with van der Waals surface area (Å²) in [4.78, 5) is 0. The van der Waals surface area contributed by atoms with E-state index < -0.39 is 0 Å². The Morgan fingerprint density at radius 3 is 1.67 bits per heavy atom. The van der Waals surface area contributed by atoms with E-state index >= 15 is 0 Å². The van der Waals surface area contributed by atoms with Crippen LogP contribution >= 0.6 is 0 Å². The van der Waals surface area contributed by atoms with E-state index in [2.05, 4.69) is 13.8 Å². The monoisotopic (exact) mass is 160 g/mol. The van der Waals surface area contributed by atoms with Crippen molar-refractivity contribution in [2.75, 3.05) is 0 Å². The second-order valence-corrected chi connectivity index (χ2v) is 6.75. The van der Waals surface area contributed by atoms with Gasteiger partial charge in [-0.05, 0) is 59.2 Å². The van der Waals surface area contributed by atoms with Crippen LogP contribution in [0, 0.1) is 52.8 Å². The molecule has 0 aromatic carbocycles. The van der Waals surface area contributed by atoms with E-state index in [1.165, 1.54) is 47.3 Å². The summed E-state index contributed by atoms with van der Waals surface area (Å²) in [7, 11) is 0. The molecule has 6 saturated carbocycles. The maximum Gasteiger partial charge on any atom is -0.0286 e. The zero-order valence-electron chi connectivity index (χ0n) is 7.83. The largest absolute Gasteiger partial charge is 0.0593 e. The maximum atomic E-state index is 2.57. The fourth-order valence-corrected chi connectivity index (χ4v) is 7.05. The van der Waals surface area contributed by atoms with Gasteiger partial charge in [0.1, 0.15) is 0 Å². The van der Waals surface area contributed by atoms with Gasteiger partial charge in [0.25, 0.3) is 0 Å². The standard InChI is InChI=1S/C12H16/c1-12(2)10-6-4-3-5-8(6)11(12)9(5)7(4)10/h4-11H,3H2,1-2H3. The zero-order valence-corrected chi connectivity index (χ0v) is 7.83. The van der Waals surface area contributed by atoms with Gasteiger partial charge in [-0.25, -0.2) is 0 Å². The van der Waals surface area contributed by atoms with Crippen LogP contribution in [0.4, 0.5) is 0 Å². The van der Waals surface area contributed by atoms with Crippen LogP contribution in [0.2, 0.25) is 0 Å². The highest BCUT2D eigenvalue weighted by molar-refractivity contribution is 5.35. The summed E-state index contributed by atoms with van der Waals surface area (Å²) in [5.74, 6) is 9.84. The van der Waals surface area contributed by atoms with Gasteiger partial charge in [0.2, 0.25) is 0 Å². The molecule has 0 aliphatic heterocycles. The lowest BCUT2D eigenvalue weighted by Crippen LogP contribution is -2.56. The fourth-order valence-electron chi connectivity index (χ4n) is 7.05. The molecule has 12 heavy (non-hydrogen) atoms. The third-order valence-corrected chi connectivity index (χ3v) is 6.79. The zero-order chi connectivity index (χ0) is 7.83. The molecule has 0 aromatic heterocycles. The Labute approximate surface area is 73.7 Å². The molecule has 64 valence electrons. The molecular weight excluding hydrogens is 144 g/mol. The van der Waals surface area contributed by atoms with Crippen LogP contribution in [-0.2, 0) is 0 Å². The van der Waals surface area contributed by atoms with Crippen LogP contribution in [0.25, 0.3) is 0 Å². The van der Waals surface area contributed by atoms with E-state index in [0.29, 0.717) is 0 Å². The molecule has 6 fully saturated rings. The molecule has 0 heterocycles. The Bertz CT molecular complexity index is 255. The highest BCUT2D eigenvalue weighted by Gasteiger charge is 2.88. The van der Waals surface area contributed by atoms with E-state index in [4.69, 9.17) is 0 Å². The average Bonchev–Trinajstić information content (AvgIpc) is 2.43. The number of hydrogen-bond acceptors (Lipinski definition) is 0. The van der Waals surface area contributed by atoms with Crippen molar-refractivity contribution in [3.63, 3.8) is 0 Å². The van der Waals surface area contributed by atoms with Crippen molar-refractivity contribution < 1.29 is 0 Å². The highest BCUT2D eigenvalue weighted by atomic mass is 14.9.